The van der Waals surface area contributed by atoms with Gasteiger partial charge in [-0.25, -0.2) is 4.98 Å². The van der Waals surface area contributed by atoms with E-state index in [1.54, 1.807) is 36.4 Å². The van der Waals surface area contributed by atoms with E-state index in [0.717, 1.165) is 10.1 Å². The largest absolute Gasteiger partial charge is 0.449 e. The van der Waals surface area contributed by atoms with Gasteiger partial charge in [0.1, 0.15) is 6.54 Å². The molecular formula is C21H19F3N4O. The molecule has 1 amide bonds. The molecular weight excluding hydrogens is 381 g/mol. The number of para-hydroxylation sites is 2. The average molecular weight is 400 g/mol. The predicted molar refractivity (Wildman–Crippen MR) is 102 cm³/mol. The van der Waals surface area contributed by atoms with Gasteiger partial charge in [-0.15, -0.1) is 0 Å². The number of imidazole rings is 1. The van der Waals surface area contributed by atoms with E-state index in [4.69, 9.17) is 5.26 Å². The van der Waals surface area contributed by atoms with Crippen LogP contribution in [0.1, 0.15) is 30.3 Å². The van der Waals surface area contributed by atoms with Crippen LogP contribution in [0.2, 0.25) is 0 Å². The van der Waals surface area contributed by atoms with Crippen LogP contribution in [0.4, 0.5) is 13.2 Å². The third-order valence-corrected chi connectivity index (χ3v) is 4.50. The van der Waals surface area contributed by atoms with Crippen LogP contribution in [0.5, 0.6) is 0 Å². The number of nitriles is 1. The van der Waals surface area contributed by atoms with Crippen molar-refractivity contribution in [1.82, 2.24) is 14.5 Å². The number of aromatic nitrogens is 2. The lowest BCUT2D eigenvalue weighted by molar-refractivity contribution is -0.148. The number of benzene rings is 2. The minimum atomic E-state index is -4.66. The normalized spacial score (nSPS) is 11.4. The van der Waals surface area contributed by atoms with Gasteiger partial charge in [0, 0.05) is 13.1 Å². The topological polar surface area (TPSA) is 61.9 Å². The molecule has 3 aromatic rings. The van der Waals surface area contributed by atoms with Crippen LogP contribution in [0.3, 0.4) is 0 Å². The molecule has 0 aliphatic carbocycles. The molecule has 3 rings (SSSR count). The summed E-state index contributed by atoms with van der Waals surface area (Å²) < 4.78 is 41.3. The van der Waals surface area contributed by atoms with Crippen LogP contribution < -0.4 is 0 Å². The van der Waals surface area contributed by atoms with E-state index in [1.165, 1.54) is 17.0 Å². The van der Waals surface area contributed by atoms with E-state index in [9.17, 15) is 18.0 Å². The van der Waals surface area contributed by atoms with Crippen LogP contribution in [0.15, 0.2) is 48.5 Å². The molecule has 0 aliphatic rings. The summed E-state index contributed by atoms with van der Waals surface area (Å²) in [5.74, 6) is -1.51. The zero-order chi connectivity index (χ0) is 21.0. The summed E-state index contributed by atoms with van der Waals surface area (Å²) >= 11 is 0. The second-order valence-corrected chi connectivity index (χ2v) is 6.63. The van der Waals surface area contributed by atoms with Crippen molar-refractivity contribution in [2.24, 2.45) is 0 Å². The highest BCUT2D eigenvalue weighted by Gasteiger charge is 2.38. The fourth-order valence-corrected chi connectivity index (χ4v) is 3.15. The van der Waals surface area contributed by atoms with Gasteiger partial charge in [-0.2, -0.15) is 18.4 Å². The van der Waals surface area contributed by atoms with Crippen molar-refractivity contribution in [3.63, 3.8) is 0 Å². The zero-order valence-electron chi connectivity index (χ0n) is 15.8. The summed E-state index contributed by atoms with van der Waals surface area (Å²) in [5, 5.41) is 8.89. The lowest BCUT2D eigenvalue weighted by atomic mass is 10.1. The van der Waals surface area contributed by atoms with Gasteiger partial charge in [-0.05, 0) is 36.2 Å². The monoisotopic (exact) mass is 400 g/mol. The van der Waals surface area contributed by atoms with E-state index in [-0.39, 0.29) is 17.6 Å². The van der Waals surface area contributed by atoms with E-state index >= 15 is 0 Å². The van der Waals surface area contributed by atoms with Crippen LogP contribution >= 0.6 is 0 Å². The number of alkyl halides is 3. The van der Waals surface area contributed by atoms with Crippen molar-refractivity contribution < 1.29 is 18.0 Å². The Balaban J connectivity index is 1.89. The van der Waals surface area contributed by atoms with E-state index in [2.05, 4.69) is 4.98 Å². The Morgan fingerprint density at radius 1 is 1.17 bits per heavy atom. The third-order valence-electron chi connectivity index (χ3n) is 4.50. The maximum atomic E-state index is 13.5. The Kier molecular flexibility index (Phi) is 5.87. The molecule has 0 unspecified atom stereocenters. The fraction of sp³-hybridized carbons (Fsp3) is 0.286. The Morgan fingerprint density at radius 3 is 2.48 bits per heavy atom. The molecule has 0 saturated carbocycles. The molecule has 0 bridgehead atoms. The summed E-state index contributed by atoms with van der Waals surface area (Å²) in [7, 11) is 0. The van der Waals surface area contributed by atoms with Gasteiger partial charge < -0.3 is 9.47 Å². The molecule has 1 aromatic heterocycles. The molecule has 1 heterocycles. The van der Waals surface area contributed by atoms with Gasteiger partial charge in [0.15, 0.2) is 0 Å². The van der Waals surface area contributed by atoms with Crippen molar-refractivity contribution >= 4 is 16.9 Å². The molecule has 0 atom stereocenters. The fourth-order valence-electron chi connectivity index (χ4n) is 3.15. The number of rotatable bonds is 6. The molecule has 150 valence electrons. The second kappa shape index (κ2) is 8.35. The molecule has 0 saturated heterocycles. The number of hydrogen-bond acceptors (Lipinski definition) is 3. The number of nitrogens with zero attached hydrogens (tertiary/aromatic N) is 4. The summed E-state index contributed by atoms with van der Waals surface area (Å²) in [6.45, 7) is 2.11. The predicted octanol–water partition coefficient (Wildman–Crippen LogP) is 4.37. The zero-order valence-corrected chi connectivity index (χ0v) is 15.8. The molecule has 0 fully saturated rings. The van der Waals surface area contributed by atoms with Crippen LogP contribution in [-0.2, 0) is 24.1 Å². The highest BCUT2D eigenvalue weighted by molar-refractivity contribution is 5.81. The summed E-state index contributed by atoms with van der Waals surface area (Å²) in [6.07, 6.45) is -4.00. The highest BCUT2D eigenvalue weighted by atomic mass is 19.4. The number of hydrogen-bond donors (Lipinski definition) is 0. The first-order valence-corrected chi connectivity index (χ1v) is 9.12. The summed E-state index contributed by atoms with van der Waals surface area (Å²) in [4.78, 5) is 18.1. The molecule has 5 nitrogen and oxygen atoms in total. The Labute approximate surface area is 166 Å². The van der Waals surface area contributed by atoms with Gasteiger partial charge >= 0.3 is 6.18 Å². The number of carbonyl (C=O) groups excluding carboxylic acids is 1. The van der Waals surface area contributed by atoms with Crippen molar-refractivity contribution in [3.05, 3.63) is 65.5 Å². The quantitative estimate of drug-likeness (QED) is 0.617. The van der Waals surface area contributed by atoms with Gasteiger partial charge in [0.2, 0.25) is 11.7 Å². The van der Waals surface area contributed by atoms with Crippen molar-refractivity contribution in [2.75, 3.05) is 6.54 Å². The van der Waals surface area contributed by atoms with Crippen LogP contribution in [0, 0.1) is 11.3 Å². The Morgan fingerprint density at radius 2 is 1.86 bits per heavy atom. The van der Waals surface area contributed by atoms with Gasteiger partial charge in [-0.1, -0.05) is 31.2 Å². The van der Waals surface area contributed by atoms with Crippen LogP contribution in [0.25, 0.3) is 11.0 Å². The van der Waals surface area contributed by atoms with E-state index in [1.807, 2.05) is 13.0 Å². The van der Waals surface area contributed by atoms with Gasteiger partial charge in [-0.3, -0.25) is 4.79 Å². The smallest absolute Gasteiger partial charge is 0.337 e. The minimum absolute atomic E-state index is 0.196. The number of halogens is 3. The summed E-state index contributed by atoms with van der Waals surface area (Å²) in [6, 6.07) is 15.0. The average Bonchev–Trinajstić information content (AvgIpc) is 3.07. The molecule has 2 aromatic carbocycles. The maximum absolute atomic E-state index is 13.5. The molecule has 0 spiro atoms. The highest BCUT2D eigenvalue weighted by Crippen LogP contribution is 2.31. The lowest BCUT2D eigenvalue weighted by Gasteiger charge is -2.23. The molecule has 8 heteroatoms. The number of fused-ring (bicyclic) bond motifs is 1. The molecule has 29 heavy (non-hydrogen) atoms. The first kappa shape index (κ1) is 20.4. The van der Waals surface area contributed by atoms with E-state index < -0.39 is 24.5 Å². The standard InChI is InChI=1S/C21H19F3N4O/c1-2-11-27(13-16-9-7-15(12-25)8-10-16)19(29)14-28-18-6-4-3-5-17(18)26-20(28)21(22,23)24/h3-10H,2,11,13-14H2,1H3. The maximum Gasteiger partial charge on any atom is 0.449 e. The van der Waals surface area contributed by atoms with E-state index in [0.29, 0.717) is 18.5 Å². The lowest BCUT2D eigenvalue weighted by Crippen LogP contribution is -2.35. The minimum Gasteiger partial charge on any atom is -0.337 e. The molecule has 0 radical (unpaired) electrons. The summed E-state index contributed by atoms with van der Waals surface area (Å²) in [5.41, 5.74) is 1.77. The number of amides is 1. The number of carbonyl (C=O) groups is 1. The Hall–Kier alpha value is -3.34. The molecule has 0 N–H and O–H groups in total. The third kappa shape index (κ3) is 4.57. The SMILES string of the molecule is CCCN(Cc1ccc(C#N)cc1)C(=O)Cn1c(C(F)(F)F)nc2ccccc21. The molecule has 0 aliphatic heterocycles. The first-order chi connectivity index (χ1) is 13.8. The van der Waals surface area contributed by atoms with Crippen molar-refractivity contribution in [3.8, 4) is 6.07 Å². The van der Waals surface area contributed by atoms with Crippen molar-refractivity contribution in [2.45, 2.75) is 32.6 Å². The van der Waals surface area contributed by atoms with Gasteiger partial charge in [0.25, 0.3) is 0 Å². The first-order valence-electron chi connectivity index (χ1n) is 9.12. The van der Waals surface area contributed by atoms with Crippen LogP contribution in [-0.4, -0.2) is 26.9 Å². The van der Waals surface area contributed by atoms with Gasteiger partial charge in [0.05, 0.1) is 22.7 Å². The second-order valence-electron chi connectivity index (χ2n) is 6.63. The Bertz CT molecular complexity index is 1050. The van der Waals surface area contributed by atoms with Crippen molar-refractivity contribution in [1.29, 1.82) is 5.26 Å².